The van der Waals surface area contributed by atoms with Crippen LogP contribution in [0.25, 0.3) is 11.3 Å². The lowest BCUT2D eigenvalue weighted by Gasteiger charge is -2.13. The van der Waals surface area contributed by atoms with Crippen molar-refractivity contribution >= 4 is 40.0 Å². The maximum atomic E-state index is 12.9. The van der Waals surface area contributed by atoms with Crippen molar-refractivity contribution in [2.24, 2.45) is 0 Å². The summed E-state index contributed by atoms with van der Waals surface area (Å²) < 4.78 is 3.29. The first kappa shape index (κ1) is 20.4. The topological polar surface area (TPSA) is 79.8 Å². The van der Waals surface area contributed by atoms with E-state index in [0.717, 1.165) is 22.1 Å². The molecule has 30 heavy (non-hydrogen) atoms. The van der Waals surface area contributed by atoms with Crippen LogP contribution in [0.4, 0.5) is 10.8 Å². The molecule has 1 unspecified atom stereocenters. The summed E-state index contributed by atoms with van der Waals surface area (Å²) in [6.07, 6.45) is 11.8. The number of nitrogens with zero attached hydrogens (tertiary/aromatic N) is 3. The van der Waals surface area contributed by atoms with Crippen molar-refractivity contribution < 1.29 is 4.79 Å². The predicted molar refractivity (Wildman–Crippen MR) is 123 cm³/mol. The van der Waals surface area contributed by atoms with Crippen LogP contribution in [0.5, 0.6) is 0 Å². The molecule has 1 aliphatic carbocycles. The van der Waals surface area contributed by atoms with E-state index in [4.69, 9.17) is 6.42 Å². The smallest absolute Gasteiger partial charge is 0.233 e. The van der Waals surface area contributed by atoms with Gasteiger partial charge in [0.25, 0.3) is 0 Å². The molecule has 8 heteroatoms. The fourth-order valence-electron chi connectivity index (χ4n) is 2.87. The highest BCUT2D eigenvalue weighted by Gasteiger charge is 2.24. The van der Waals surface area contributed by atoms with E-state index in [1.54, 1.807) is 24.3 Å². The number of nitrogens with one attached hydrogen (secondary N) is 2. The van der Waals surface area contributed by atoms with Crippen LogP contribution in [0.15, 0.2) is 42.0 Å². The van der Waals surface area contributed by atoms with Crippen LogP contribution < -0.4 is 10.0 Å². The fourth-order valence-corrected chi connectivity index (χ4v) is 4.50. The van der Waals surface area contributed by atoms with E-state index < -0.39 is 0 Å². The van der Waals surface area contributed by atoms with Gasteiger partial charge in [0.2, 0.25) is 5.91 Å². The van der Waals surface area contributed by atoms with Crippen LogP contribution >= 0.6 is 23.3 Å². The SMILES string of the molecule is C#Cc1cncc(-c2ccc(NC(=O)C(CC)c3csc(NSC4CC4)n3)cc2)n1. The van der Waals surface area contributed by atoms with Gasteiger partial charge < -0.3 is 10.0 Å². The van der Waals surface area contributed by atoms with Crippen molar-refractivity contribution in [1.82, 2.24) is 15.0 Å². The van der Waals surface area contributed by atoms with Gasteiger partial charge in [0, 0.05) is 21.9 Å². The summed E-state index contributed by atoms with van der Waals surface area (Å²) in [5, 5.41) is 6.51. The quantitative estimate of drug-likeness (QED) is 0.385. The van der Waals surface area contributed by atoms with Gasteiger partial charge in [-0.05, 0) is 49.3 Å². The molecule has 1 fully saturated rings. The molecule has 1 aromatic carbocycles. The molecule has 0 saturated heterocycles. The van der Waals surface area contributed by atoms with Crippen LogP contribution in [0.3, 0.4) is 0 Å². The summed E-state index contributed by atoms with van der Waals surface area (Å²) >= 11 is 3.26. The average Bonchev–Trinajstić information content (AvgIpc) is 3.50. The average molecular weight is 436 g/mol. The Bertz CT molecular complexity index is 1070. The van der Waals surface area contributed by atoms with Gasteiger partial charge in [-0.15, -0.1) is 17.8 Å². The molecule has 0 spiro atoms. The number of terminal acetylenes is 1. The summed E-state index contributed by atoms with van der Waals surface area (Å²) in [5.41, 5.74) is 3.59. The molecule has 3 aromatic rings. The van der Waals surface area contributed by atoms with E-state index in [1.807, 2.05) is 36.6 Å². The number of rotatable bonds is 8. The van der Waals surface area contributed by atoms with Crippen molar-refractivity contribution in [3.8, 4) is 23.6 Å². The molecule has 2 aromatic heterocycles. The Kier molecular flexibility index (Phi) is 6.31. The molecule has 2 heterocycles. The van der Waals surface area contributed by atoms with E-state index in [1.165, 1.54) is 24.2 Å². The molecule has 1 saturated carbocycles. The van der Waals surface area contributed by atoms with Gasteiger partial charge >= 0.3 is 0 Å². The number of hydrogen-bond donors (Lipinski definition) is 2. The number of carbonyl (C=O) groups is 1. The van der Waals surface area contributed by atoms with Gasteiger partial charge in [0.1, 0.15) is 5.69 Å². The zero-order chi connectivity index (χ0) is 20.9. The van der Waals surface area contributed by atoms with Crippen molar-refractivity contribution in [1.29, 1.82) is 0 Å². The summed E-state index contributed by atoms with van der Waals surface area (Å²) in [6.45, 7) is 2.00. The van der Waals surface area contributed by atoms with Crippen molar-refractivity contribution in [3.63, 3.8) is 0 Å². The van der Waals surface area contributed by atoms with Crippen molar-refractivity contribution in [2.45, 2.75) is 37.4 Å². The Morgan fingerprint density at radius 3 is 2.80 bits per heavy atom. The first-order valence-corrected chi connectivity index (χ1v) is 11.5. The Labute approximate surface area is 184 Å². The van der Waals surface area contributed by atoms with Crippen LogP contribution in [-0.4, -0.2) is 26.1 Å². The van der Waals surface area contributed by atoms with Gasteiger partial charge in [0.05, 0.1) is 29.7 Å². The molecule has 0 aliphatic heterocycles. The number of hydrogen-bond acceptors (Lipinski definition) is 7. The number of anilines is 2. The van der Waals surface area contributed by atoms with E-state index in [2.05, 4.69) is 30.9 Å². The number of amides is 1. The summed E-state index contributed by atoms with van der Waals surface area (Å²) in [6, 6.07) is 7.48. The third-order valence-corrected chi connectivity index (χ3v) is 6.69. The van der Waals surface area contributed by atoms with Crippen LogP contribution in [-0.2, 0) is 4.79 Å². The maximum absolute atomic E-state index is 12.9. The first-order valence-electron chi connectivity index (χ1n) is 9.73. The standard InChI is InChI=1S/C22H21N5OS2/c1-3-15-11-23-12-19(24-15)14-5-7-16(8-6-14)25-21(28)18(4-2)20-13-29-22(26-20)27-30-17-9-10-17/h1,5-8,11-13,17-18H,4,9-10H2,2H3,(H,25,28)(H,26,27). The van der Waals surface area contributed by atoms with E-state index in [0.29, 0.717) is 23.1 Å². The minimum Gasteiger partial charge on any atom is -0.326 e. The number of carbonyl (C=O) groups excluding carboxylic acids is 1. The lowest BCUT2D eigenvalue weighted by molar-refractivity contribution is -0.117. The maximum Gasteiger partial charge on any atom is 0.233 e. The second-order valence-corrected chi connectivity index (χ2v) is 8.92. The van der Waals surface area contributed by atoms with Crippen LogP contribution in [0.1, 0.15) is 43.5 Å². The van der Waals surface area contributed by atoms with Gasteiger partial charge in [-0.1, -0.05) is 19.1 Å². The Morgan fingerprint density at radius 1 is 1.30 bits per heavy atom. The summed E-state index contributed by atoms with van der Waals surface area (Å²) in [5.74, 6) is 2.13. The normalized spacial score (nSPS) is 14.0. The van der Waals surface area contributed by atoms with E-state index in [-0.39, 0.29) is 11.8 Å². The van der Waals surface area contributed by atoms with Crippen molar-refractivity contribution in [2.75, 3.05) is 10.0 Å². The molecule has 0 bridgehead atoms. The zero-order valence-corrected chi connectivity index (χ0v) is 18.1. The highest BCUT2D eigenvalue weighted by Crippen LogP contribution is 2.35. The first-order chi connectivity index (χ1) is 14.7. The van der Waals surface area contributed by atoms with E-state index >= 15 is 0 Å². The van der Waals surface area contributed by atoms with Gasteiger partial charge in [-0.2, -0.15) is 0 Å². The molecule has 1 amide bonds. The Morgan fingerprint density at radius 2 is 2.10 bits per heavy atom. The third kappa shape index (κ3) is 4.99. The molecule has 152 valence electrons. The second kappa shape index (κ2) is 9.28. The van der Waals surface area contributed by atoms with Crippen LogP contribution in [0, 0.1) is 12.3 Å². The highest BCUT2D eigenvalue weighted by atomic mass is 32.2. The van der Waals surface area contributed by atoms with Crippen LogP contribution in [0.2, 0.25) is 0 Å². The molecular formula is C22H21N5OS2. The minimum absolute atomic E-state index is 0.0638. The number of benzene rings is 1. The second-order valence-electron chi connectivity index (χ2n) is 6.96. The predicted octanol–water partition coefficient (Wildman–Crippen LogP) is 4.94. The van der Waals surface area contributed by atoms with Gasteiger partial charge in [-0.25, -0.2) is 9.97 Å². The largest absolute Gasteiger partial charge is 0.326 e. The third-order valence-electron chi connectivity index (χ3n) is 4.67. The monoisotopic (exact) mass is 435 g/mol. The summed E-state index contributed by atoms with van der Waals surface area (Å²) in [4.78, 5) is 25.9. The van der Waals surface area contributed by atoms with Crippen molar-refractivity contribution in [3.05, 3.63) is 53.4 Å². The molecule has 1 atom stereocenters. The van der Waals surface area contributed by atoms with Gasteiger partial charge in [-0.3, -0.25) is 9.78 Å². The molecule has 0 radical (unpaired) electrons. The molecular weight excluding hydrogens is 414 g/mol. The fraction of sp³-hybridized carbons (Fsp3) is 0.273. The zero-order valence-electron chi connectivity index (χ0n) is 16.5. The van der Waals surface area contributed by atoms with E-state index in [9.17, 15) is 4.79 Å². The minimum atomic E-state index is -0.291. The molecule has 2 N–H and O–H groups in total. The number of thiazole rings is 1. The van der Waals surface area contributed by atoms with Gasteiger partial charge in [0.15, 0.2) is 5.13 Å². The number of aromatic nitrogens is 3. The molecule has 4 rings (SSSR count). The Hall–Kier alpha value is -2.89. The lowest BCUT2D eigenvalue weighted by Crippen LogP contribution is -2.21. The Balaban J connectivity index is 1.41. The lowest BCUT2D eigenvalue weighted by atomic mass is 10.0. The molecule has 6 nitrogen and oxygen atoms in total. The summed E-state index contributed by atoms with van der Waals surface area (Å²) in [7, 11) is 0. The molecule has 1 aliphatic rings. The highest BCUT2D eigenvalue weighted by molar-refractivity contribution is 8.01.